The highest BCUT2D eigenvalue weighted by molar-refractivity contribution is 6.17. The van der Waals surface area contributed by atoms with E-state index in [0.717, 1.165) is 11.3 Å². The van der Waals surface area contributed by atoms with Gasteiger partial charge in [-0.1, -0.05) is 30.3 Å². The number of benzene rings is 1. The maximum absolute atomic E-state index is 5.50. The van der Waals surface area contributed by atoms with Gasteiger partial charge in [0.1, 0.15) is 6.61 Å². The van der Waals surface area contributed by atoms with Crippen molar-refractivity contribution in [3.8, 4) is 0 Å². The summed E-state index contributed by atoms with van der Waals surface area (Å²) < 4.78 is 5.32. The third-order valence-electron chi connectivity index (χ3n) is 1.58. The van der Waals surface area contributed by atoms with Gasteiger partial charge in [0.15, 0.2) is 0 Å². The predicted molar refractivity (Wildman–Crippen MR) is 56.8 cm³/mol. The molecule has 1 aromatic rings. The largest absolute Gasteiger partial charge is 0.497 e. The van der Waals surface area contributed by atoms with Crippen LogP contribution in [-0.4, -0.2) is 12.5 Å². The van der Waals surface area contributed by atoms with E-state index in [1.807, 2.05) is 43.3 Å². The lowest BCUT2D eigenvalue weighted by Gasteiger charge is -2.03. The van der Waals surface area contributed by atoms with Crippen molar-refractivity contribution < 1.29 is 4.74 Å². The molecule has 0 atom stereocenters. The second kappa shape index (κ2) is 5.65. The first-order valence-corrected chi connectivity index (χ1v) is 4.78. The Morgan fingerprint density at radius 1 is 1.38 bits per heavy atom. The summed E-state index contributed by atoms with van der Waals surface area (Å²) in [5, 5.41) is 0. The van der Waals surface area contributed by atoms with Crippen LogP contribution in [0.4, 0.5) is 0 Å². The average Bonchev–Trinajstić information content (AvgIpc) is 2.16. The minimum atomic E-state index is 0.528. The quantitative estimate of drug-likeness (QED) is 0.531. The molecule has 13 heavy (non-hydrogen) atoms. The zero-order chi connectivity index (χ0) is 9.52. The number of allylic oxidation sites excluding steroid dienone is 1. The van der Waals surface area contributed by atoms with Crippen molar-refractivity contribution in [1.82, 2.24) is 0 Å². The molecule has 0 heterocycles. The Bertz CT molecular complexity index is 267. The molecule has 0 saturated heterocycles. The van der Waals surface area contributed by atoms with Crippen molar-refractivity contribution in [2.45, 2.75) is 6.92 Å². The lowest BCUT2D eigenvalue weighted by Crippen LogP contribution is -1.92. The van der Waals surface area contributed by atoms with Crippen molar-refractivity contribution in [2.75, 3.05) is 12.5 Å². The first-order valence-electron chi connectivity index (χ1n) is 4.25. The summed E-state index contributed by atoms with van der Waals surface area (Å²) in [5.74, 6) is 1.42. The van der Waals surface area contributed by atoms with Gasteiger partial charge in [-0.05, 0) is 18.6 Å². The first kappa shape index (κ1) is 10.1. The van der Waals surface area contributed by atoms with Crippen LogP contribution in [0.2, 0.25) is 0 Å². The van der Waals surface area contributed by atoms with E-state index in [-0.39, 0.29) is 0 Å². The van der Waals surface area contributed by atoms with Crippen LogP contribution in [0.3, 0.4) is 0 Å². The molecule has 0 amide bonds. The molecule has 0 saturated carbocycles. The zero-order valence-electron chi connectivity index (χ0n) is 7.66. The van der Waals surface area contributed by atoms with Crippen molar-refractivity contribution in [2.24, 2.45) is 0 Å². The van der Waals surface area contributed by atoms with Crippen molar-refractivity contribution in [3.05, 3.63) is 41.7 Å². The van der Waals surface area contributed by atoms with E-state index >= 15 is 0 Å². The highest BCUT2D eigenvalue weighted by Gasteiger charge is 1.90. The van der Waals surface area contributed by atoms with Gasteiger partial charge in [0, 0.05) is 0 Å². The first-order chi connectivity index (χ1) is 6.33. The molecular weight excluding hydrogens is 184 g/mol. The molecular formula is C11H13ClO. The highest BCUT2D eigenvalue weighted by atomic mass is 35.5. The van der Waals surface area contributed by atoms with Gasteiger partial charge in [-0.15, -0.1) is 11.6 Å². The average molecular weight is 197 g/mol. The van der Waals surface area contributed by atoms with Crippen LogP contribution in [0.25, 0.3) is 6.08 Å². The third kappa shape index (κ3) is 4.00. The third-order valence-corrected chi connectivity index (χ3v) is 1.73. The molecule has 1 aromatic carbocycles. The summed E-state index contributed by atoms with van der Waals surface area (Å²) in [6, 6.07) is 10.1. The molecule has 0 aliphatic rings. The molecule has 0 aromatic heterocycles. The van der Waals surface area contributed by atoms with Gasteiger partial charge in [-0.25, -0.2) is 0 Å². The minimum Gasteiger partial charge on any atom is -0.497 e. The molecule has 0 aliphatic heterocycles. The molecule has 0 unspecified atom stereocenters. The number of rotatable bonds is 4. The van der Waals surface area contributed by atoms with Crippen LogP contribution in [0, 0.1) is 0 Å². The predicted octanol–water partition coefficient (Wildman–Crippen LogP) is 3.30. The lowest BCUT2D eigenvalue weighted by atomic mass is 10.2. The molecule has 0 N–H and O–H groups in total. The van der Waals surface area contributed by atoms with Gasteiger partial charge in [0.05, 0.1) is 11.6 Å². The molecule has 0 bridgehead atoms. The van der Waals surface area contributed by atoms with Gasteiger partial charge >= 0.3 is 0 Å². The molecule has 1 rings (SSSR count). The van der Waals surface area contributed by atoms with Crippen LogP contribution < -0.4 is 0 Å². The Kier molecular flexibility index (Phi) is 4.41. The molecule has 0 radical (unpaired) electrons. The second-order valence-electron chi connectivity index (χ2n) is 2.70. The SMILES string of the molecule is CC(=Cc1ccccc1)OCCCl. The summed E-state index contributed by atoms with van der Waals surface area (Å²) in [7, 11) is 0. The molecule has 70 valence electrons. The Morgan fingerprint density at radius 2 is 2.08 bits per heavy atom. The Hall–Kier alpha value is -0.950. The van der Waals surface area contributed by atoms with E-state index in [0.29, 0.717) is 12.5 Å². The van der Waals surface area contributed by atoms with Crippen LogP contribution >= 0.6 is 11.6 Å². The maximum atomic E-state index is 5.50. The van der Waals surface area contributed by atoms with Gasteiger partial charge in [-0.3, -0.25) is 0 Å². The van der Waals surface area contributed by atoms with E-state index in [4.69, 9.17) is 16.3 Å². The fraction of sp³-hybridized carbons (Fsp3) is 0.273. The van der Waals surface area contributed by atoms with E-state index < -0.39 is 0 Å². The Balaban J connectivity index is 2.55. The lowest BCUT2D eigenvalue weighted by molar-refractivity contribution is 0.237. The number of ether oxygens (including phenoxy) is 1. The summed E-state index contributed by atoms with van der Waals surface area (Å²) in [6.45, 7) is 2.50. The summed E-state index contributed by atoms with van der Waals surface area (Å²) in [6.07, 6.45) is 1.99. The Morgan fingerprint density at radius 3 is 2.69 bits per heavy atom. The van der Waals surface area contributed by atoms with E-state index in [9.17, 15) is 0 Å². The molecule has 2 heteroatoms. The molecule has 1 nitrogen and oxygen atoms in total. The number of hydrogen-bond acceptors (Lipinski definition) is 1. The molecule has 0 spiro atoms. The highest BCUT2D eigenvalue weighted by Crippen LogP contribution is 2.06. The van der Waals surface area contributed by atoms with E-state index in [1.165, 1.54) is 0 Å². The number of halogens is 1. The van der Waals surface area contributed by atoms with Crippen molar-refractivity contribution >= 4 is 17.7 Å². The zero-order valence-corrected chi connectivity index (χ0v) is 8.42. The monoisotopic (exact) mass is 196 g/mol. The van der Waals surface area contributed by atoms with E-state index in [2.05, 4.69) is 0 Å². The minimum absolute atomic E-state index is 0.528. The van der Waals surface area contributed by atoms with Crippen LogP contribution in [-0.2, 0) is 4.74 Å². The van der Waals surface area contributed by atoms with Crippen LogP contribution in [0.5, 0.6) is 0 Å². The smallest absolute Gasteiger partial charge is 0.101 e. The number of alkyl halides is 1. The molecule has 0 aliphatic carbocycles. The summed E-state index contributed by atoms with van der Waals surface area (Å²) in [4.78, 5) is 0. The summed E-state index contributed by atoms with van der Waals surface area (Å²) >= 11 is 5.50. The summed E-state index contributed by atoms with van der Waals surface area (Å²) in [5.41, 5.74) is 1.15. The topological polar surface area (TPSA) is 9.23 Å². The van der Waals surface area contributed by atoms with Gasteiger partial charge < -0.3 is 4.74 Å². The van der Waals surface area contributed by atoms with E-state index in [1.54, 1.807) is 0 Å². The van der Waals surface area contributed by atoms with Gasteiger partial charge in [0.2, 0.25) is 0 Å². The van der Waals surface area contributed by atoms with Crippen molar-refractivity contribution in [1.29, 1.82) is 0 Å². The molecule has 0 fully saturated rings. The standard InChI is InChI=1S/C11H13ClO/c1-10(13-8-7-12)9-11-5-3-2-4-6-11/h2-6,9H,7-8H2,1H3. The van der Waals surface area contributed by atoms with Gasteiger partial charge in [-0.2, -0.15) is 0 Å². The van der Waals surface area contributed by atoms with Gasteiger partial charge in [0.25, 0.3) is 0 Å². The second-order valence-corrected chi connectivity index (χ2v) is 3.08. The fourth-order valence-corrected chi connectivity index (χ4v) is 1.10. The fourth-order valence-electron chi connectivity index (χ4n) is 1.03. The van der Waals surface area contributed by atoms with Crippen molar-refractivity contribution in [3.63, 3.8) is 0 Å². The number of hydrogen-bond donors (Lipinski definition) is 0. The van der Waals surface area contributed by atoms with Crippen LogP contribution in [0.1, 0.15) is 12.5 Å². The normalized spacial score (nSPS) is 11.4. The van der Waals surface area contributed by atoms with Crippen LogP contribution in [0.15, 0.2) is 36.1 Å². The maximum Gasteiger partial charge on any atom is 0.101 e. The Labute approximate surface area is 84.0 Å².